The summed E-state index contributed by atoms with van der Waals surface area (Å²) in [6, 6.07) is 0. The molecule has 0 amide bonds. The van der Waals surface area contributed by atoms with Gasteiger partial charge in [0, 0.05) is 27.2 Å². The van der Waals surface area contributed by atoms with Crippen LogP contribution in [0.4, 0.5) is 0 Å². The molecular formula is C11H18O7. The molecule has 0 spiro atoms. The van der Waals surface area contributed by atoms with Gasteiger partial charge in [0.25, 0.3) is 0 Å². The topological polar surface area (TPSA) is 99.1 Å². The summed E-state index contributed by atoms with van der Waals surface area (Å²) in [5, 5.41) is 9.54. The fourth-order valence-electron chi connectivity index (χ4n) is 1.18. The highest BCUT2D eigenvalue weighted by atomic mass is 16.6. The Labute approximate surface area is 105 Å². The molecule has 104 valence electrons. The fraction of sp³-hybridized carbons (Fsp3) is 0.727. The molecule has 0 rings (SSSR count). The van der Waals surface area contributed by atoms with Crippen LogP contribution in [-0.4, -0.2) is 48.4 Å². The molecule has 7 nitrogen and oxygen atoms in total. The molecule has 0 saturated carbocycles. The Bertz CT molecular complexity index is 300. The minimum Gasteiger partial charge on any atom is -0.463 e. The molecule has 1 unspecified atom stereocenters. The fourth-order valence-corrected chi connectivity index (χ4v) is 1.18. The molecule has 2 atom stereocenters. The van der Waals surface area contributed by atoms with Gasteiger partial charge < -0.3 is 19.3 Å². The van der Waals surface area contributed by atoms with E-state index in [1.807, 2.05) is 0 Å². The summed E-state index contributed by atoms with van der Waals surface area (Å²) in [5.41, 5.74) is 0. The zero-order valence-corrected chi connectivity index (χ0v) is 10.7. The Balaban J connectivity index is 4.16. The second kappa shape index (κ2) is 8.46. The Morgan fingerprint density at radius 3 is 1.89 bits per heavy atom. The van der Waals surface area contributed by atoms with Crippen molar-refractivity contribution >= 4 is 17.9 Å². The van der Waals surface area contributed by atoms with Crippen molar-refractivity contribution in [2.24, 2.45) is 0 Å². The lowest BCUT2D eigenvalue weighted by atomic mass is 10.2. The van der Waals surface area contributed by atoms with E-state index in [0.29, 0.717) is 0 Å². The van der Waals surface area contributed by atoms with E-state index in [4.69, 9.17) is 9.47 Å². The number of ether oxygens (including phenoxy) is 3. The van der Waals surface area contributed by atoms with Gasteiger partial charge in [0.05, 0.1) is 6.10 Å². The third-order valence-corrected chi connectivity index (χ3v) is 1.82. The lowest BCUT2D eigenvalue weighted by Gasteiger charge is -2.19. The molecule has 7 heteroatoms. The SMILES string of the molecule is CC(=O)OCC(O)C[C@@H](COC(C)=O)OC(C)=O. The summed E-state index contributed by atoms with van der Waals surface area (Å²) < 4.78 is 14.2. The monoisotopic (exact) mass is 262 g/mol. The van der Waals surface area contributed by atoms with E-state index in [1.165, 1.54) is 20.8 Å². The van der Waals surface area contributed by atoms with Crippen molar-refractivity contribution in [2.45, 2.75) is 39.4 Å². The summed E-state index contributed by atoms with van der Waals surface area (Å²) in [7, 11) is 0. The first-order valence-corrected chi connectivity index (χ1v) is 5.43. The highest BCUT2D eigenvalue weighted by Gasteiger charge is 2.19. The molecule has 0 aromatic rings. The number of rotatable bonds is 7. The third kappa shape index (κ3) is 9.59. The zero-order chi connectivity index (χ0) is 14.1. The Hall–Kier alpha value is -1.63. The maximum atomic E-state index is 10.8. The van der Waals surface area contributed by atoms with Crippen LogP contribution in [0.3, 0.4) is 0 Å². The maximum Gasteiger partial charge on any atom is 0.303 e. The number of hydrogen-bond acceptors (Lipinski definition) is 7. The van der Waals surface area contributed by atoms with Crippen molar-refractivity contribution in [3.05, 3.63) is 0 Å². The molecule has 0 aliphatic rings. The number of hydrogen-bond donors (Lipinski definition) is 1. The zero-order valence-electron chi connectivity index (χ0n) is 10.7. The van der Waals surface area contributed by atoms with Crippen LogP contribution in [0.2, 0.25) is 0 Å². The van der Waals surface area contributed by atoms with Crippen molar-refractivity contribution in [3.8, 4) is 0 Å². The number of carbonyl (C=O) groups excluding carboxylic acids is 3. The Morgan fingerprint density at radius 1 is 0.944 bits per heavy atom. The van der Waals surface area contributed by atoms with Gasteiger partial charge in [-0.3, -0.25) is 14.4 Å². The summed E-state index contributed by atoms with van der Waals surface area (Å²) >= 11 is 0. The first-order valence-electron chi connectivity index (χ1n) is 5.43. The van der Waals surface area contributed by atoms with Crippen LogP contribution < -0.4 is 0 Å². The summed E-state index contributed by atoms with van der Waals surface area (Å²) in [6.07, 6.45) is -1.74. The van der Waals surface area contributed by atoms with Gasteiger partial charge >= 0.3 is 17.9 Å². The average molecular weight is 262 g/mol. The Kier molecular flexibility index (Phi) is 7.69. The van der Waals surface area contributed by atoms with Gasteiger partial charge in [-0.15, -0.1) is 0 Å². The molecule has 0 aromatic heterocycles. The lowest BCUT2D eigenvalue weighted by Crippen LogP contribution is -2.30. The van der Waals surface area contributed by atoms with E-state index in [1.54, 1.807) is 0 Å². The van der Waals surface area contributed by atoms with Crippen molar-refractivity contribution in [3.63, 3.8) is 0 Å². The van der Waals surface area contributed by atoms with Crippen LogP contribution in [0, 0.1) is 0 Å². The first-order chi connectivity index (χ1) is 8.31. The normalized spacial score (nSPS) is 13.3. The van der Waals surface area contributed by atoms with E-state index >= 15 is 0 Å². The molecule has 0 aromatic carbocycles. The molecule has 0 aliphatic heterocycles. The summed E-state index contributed by atoms with van der Waals surface area (Å²) in [6.45, 7) is 3.30. The van der Waals surface area contributed by atoms with Gasteiger partial charge in [-0.25, -0.2) is 0 Å². The molecule has 0 aliphatic carbocycles. The van der Waals surface area contributed by atoms with E-state index in [-0.39, 0.29) is 19.6 Å². The second-order valence-electron chi connectivity index (χ2n) is 3.73. The minimum atomic E-state index is -0.992. The van der Waals surface area contributed by atoms with Gasteiger partial charge in [0.2, 0.25) is 0 Å². The molecule has 1 N–H and O–H groups in total. The minimum absolute atomic E-state index is 0.0140. The van der Waals surface area contributed by atoms with E-state index in [9.17, 15) is 19.5 Å². The van der Waals surface area contributed by atoms with Gasteiger partial charge in [-0.1, -0.05) is 0 Å². The summed E-state index contributed by atoms with van der Waals surface area (Å²) in [4.78, 5) is 32.0. The number of aliphatic hydroxyl groups is 1. The molecule has 0 saturated heterocycles. The molecule has 0 fully saturated rings. The largest absolute Gasteiger partial charge is 0.463 e. The van der Waals surface area contributed by atoms with Gasteiger partial charge in [-0.2, -0.15) is 0 Å². The van der Waals surface area contributed by atoms with Crippen LogP contribution in [0.25, 0.3) is 0 Å². The van der Waals surface area contributed by atoms with Crippen LogP contribution in [0.5, 0.6) is 0 Å². The van der Waals surface area contributed by atoms with Gasteiger partial charge in [0.15, 0.2) is 0 Å². The number of esters is 3. The number of aliphatic hydroxyl groups excluding tert-OH is 1. The third-order valence-electron chi connectivity index (χ3n) is 1.82. The van der Waals surface area contributed by atoms with Crippen molar-refractivity contribution < 1.29 is 33.7 Å². The maximum absolute atomic E-state index is 10.8. The van der Waals surface area contributed by atoms with Crippen LogP contribution in [0.15, 0.2) is 0 Å². The van der Waals surface area contributed by atoms with Crippen molar-refractivity contribution in [2.75, 3.05) is 13.2 Å². The van der Waals surface area contributed by atoms with Crippen LogP contribution >= 0.6 is 0 Å². The second-order valence-corrected chi connectivity index (χ2v) is 3.73. The summed E-state index contributed by atoms with van der Waals surface area (Å²) in [5.74, 6) is -1.58. The smallest absolute Gasteiger partial charge is 0.303 e. The van der Waals surface area contributed by atoms with E-state index in [0.717, 1.165) is 0 Å². The quantitative estimate of drug-likeness (QED) is 0.500. The van der Waals surface area contributed by atoms with Crippen molar-refractivity contribution in [1.82, 2.24) is 0 Å². The predicted molar refractivity (Wildman–Crippen MR) is 59.4 cm³/mol. The molecular weight excluding hydrogens is 244 g/mol. The van der Waals surface area contributed by atoms with Gasteiger partial charge in [-0.05, 0) is 0 Å². The highest BCUT2D eigenvalue weighted by molar-refractivity contribution is 5.67. The van der Waals surface area contributed by atoms with Gasteiger partial charge in [0.1, 0.15) is 19.3 Å². The number of carbonyl (C=O) groups is 3. The van der Waals surface area contributed by atoms with Crippen LogP contribution in [0.1, 0.15) is 27.2 Å². The molecule has 0 radical (unpaired) electrons. The van der Waals surface area contributed by atoms with Crippen molar-refractivity contribution in [1.29, 1.82) is 0 Å². The molecule has 0 heterocycles. The van der Waals surface area contributed by atoms with E-state index in [2.05, 4.69) is 4.74 Å². The first kappa shape index (κ1) is 16.4. The molecule has 0 bridgehead atoms. The lowest BCUT2D eigenvalue weighted by molar-refractivity contribution is -0.159. The van der Waals surface area contributed by atoms with E-state index < -0.39 is 30.1 Å². The average Bonchev–Trinajstić information content (AvgIpc) is 2.22. The predicted octanol–water partition coefficient (Wildman–Crippen LogP) is -0.205. The Morgan fingerprint density at radius 2 is 1.44 bits per heavy atom. The molecule has 18 heavy (non-hydrogen) atoms. The standard InChI is InChI=1S/C11H18O7/c1-7(12)16-5-10(15)4-11(18-9(3)14)6-17-8(2)13/h10-11,15H,4-6H2,1-3H3/t10?,11-/m0/s1. The highest BCUT2D eigenvalue weighted by Crippen LogP contribution is 2.06. The van der Waals surface area contributed by atoms with Crippen LogP contribution in [-0.2, 0) is 28.6 Å².